The predicted molar refractivity (Wildman–Crippen MR) is 50.8 cm³/mol. The van der Waals surface area contributed by atoms with Crippen LogP contribution >= 0.6 is 0 Å². The van der Waals surface area contributed by atoms with Gasteiger partial charge in [-0.25, -0.2) is 4.79 Å². The molecule has 2 saturated carbocycles. The molecule has 0 unspecified atom stereocenters. The summed E-state index contributed by atoms with van der Waals surface area (Å²) >= 11 is 0. The second-order valence-electron chi connectivity index (χ2n) is 5.04. The summed E-state index contributed by atoms with van der Waals surface area (Å²) in [5, 5.41) is 0. The molecule has 4 fully saturated rings. The zero-order valence-electron chi connectivity index (χ0n) is 9.41. The molecule has 0 radical (unpaired) electrons. The molecule has 4 rings (SSSR count). The van der Waals surface area contributed by atoms with Gasteiger partial charge in [0.05, 0.1) is 26.2 Å². The molecule has 7 atom stereocenters. The number of hydrogen-bond donors (Lipinski definition) is 0. The summed E-state index contributed by atoms with van der Waals surface area (Å²) < 4.78 is 20.6. The van der Waals surface area contributed by atoms with Crippen molar-refractivity contribution in [1.29, 1.82) is 0 Å². The zero-order chi connectivity index (χ0) is 11.9. The first-order chi connectivity index (χ1) is 8.16. The molecular weight excluding hydrogens is 228 g/mol. The van der Waals surface area contributed by atoms with Crippen molar-refractivity contribution in [3.63, 3.8) is 0 Å². The van der Waals surface area contributed by atoms with Crippen LogP contribution < -0.4 is 0 Å². The molecule has 2 heterocycles. The fraction of sp³-hybridized carbons (Fsp3) is 0.818. The van der Waals surface area contributed by atoms with E-state index in [0.717, 1.165) is 0 Å². The SMILES string of the molecule is COC(=O)[C@@H]1[C@H]2[C@@H]3O[C@@H]3[C@@H]3O[C@]3(C(=O)OC)[C@@H]12. The molecular formula is C11H12O6. The van der Waals surface area contributed by atoms with E-state index in [9.17, 15) is 9.59 Å². The summed E-state index contributed by atoms with van der Waals surface area (Å²) in [6, 6.07) is 0. The van der Waals surface area contributed by atoms with Crippen LogP contribution in [-0.2, 0) is 28.5 Å². The van der Waals surface area contributed by atoms with E-state index in [0.29, 0.717) is 0 Å². The zero-order valence-corrected chi connectivity index (χ0v) is 9.41. The molecule has 6 heteroatoms. The third-order valence-electron chi connectivity index (χ3n) is 4.47. The van der Waals surface area contributed by atoms with E-state index < -0.39 is 11.6 Å². The Labute approximate surface area is 97.1 Å². The molecule has 2 aliphatic heterocycles. The molecule has 17 heavy (non-hydrogen) atoms. The molecule has 2 saturated heterocycles. The van der Waals surface area contributed by atoms with Gasteiger partial charge in [0.2, 0.25) is 0 Å². The topological polar surface area (TPSA) is 77.7 Å². The normalized spacial score (nSPS) is 55.9. The van der Waals surface area contributed by atoms with Crippen LogP contribution in [0.25, 0.3) is 0 Å². The van der Waals surface area contributed by atoms with Crippen LogP contribution in [0.1, 0.15) is 0 Å². The highest BCUT2D eigenvalue weighted by Crippen LogP contribution is 2.73. The number of hydrogen-bond acceptors (Lipinski definition) is 6. The number of methoxy groups -OCH3 is 2. The van der Waals surface area contributed by atoms with Gasteiger partial charge < -0.3 is 18.9 Å². The smallest absolute Gasteiger partial charge is 0.341 e. The van der Waals surface area contributed by atoms with Crippen LogP contribution in [0.3, 0.4) is 0 Å². The molecule has 0 bridgehead atoms. The molecule has 0 aromatic carbocycles. The third-order valence-corrected chi connectivity index (χ3v) is 4.47. The standard InChI is InChI=1S/C11H12O6/c1-14-9(12)4-3-5(4)11(10(13)15-2)8(17-11)7-6(3)16-7/h3-8H,1-2H3/t3-,4-,5-,6+,7+,8+,11-/m1/s1. The van der Waals surface area contributed by atoms with E-state index in [1.165, 1.54) is 14.2 Å². The maximum absolute atomic E-state index is 11.8. The van der Waals surface area contributed by atoms with Crippen LogP contribution in [0.4, 0.5) is 0 Å². The summed E-state index contributed by atoms with van der Waals surface area (Å²) in [5.74, 6) is -1.02. The highest BCUT2D eigenvalue weighted by Gasteiger charge is 2.90. The summed E-state index contributed by atoms with van der Waals surface area (Å²) in [6.07, 6.45) is -0.199. The number of fused-ring (bicyclic) bond motifs is 6. The number of carbonyl (C=O) groups excluding carboxylic acids is 2. The van der Waals surface area contributed by atoms with Crippen molar-refractivity contribution in [3.8, 4) is 0 Å². The molecule has 0 aromatic heterocycles. The van der Waals surface area contributed by atoms with Gasteiger partial charge in [0.25, 0.3) is 0 Å². The van der Waals surface area contributed by atoms with Gasteiger partial charge in [-0.05, 0) is 0 Å². The largest absolute Gasteiger partial charge is 0.469 e. The Morgan fingerprint density at radius 1 is 1.18 bits per heavy atom. The van der Waals surface area contributed by atoms with E-state index in [4.69, 9.17) is 18.9 Å². The second kappa shape index (κ2) is 2.64. The van der Waals surface area contributed by atoms with Crippen LogP contribution in [0.2, 0.25) is 0 Å². The molecule has 0 aromatic rings. The minimum absolute atomic E-state index is 0.0370. The van der Waals surface area contributed by atoms with Crippen molar-refractivity contribution >= 4 is 11.9 Å². The van der Waals surface area contributed by atoms with Gasteiger partial charge in [-0.3, -0.25) is 4.79 Å². The Hall–Kier alpha value is -1.14. The number of esters is 2. The lowest BCUT2D eigenvalue weighted by Crippen LogP contribution is -2.37. The second-order valence-corrected chi connectivity index (χ2v) is 5.04. The van der Waals surface area contributed by atoms with Gasteiger partial charge in [0.15, 0.2) is 5.60 Å². The van der Waals surface area contributed by atoms with E-state index in [1.54, 1.807) is 0 Å². The van der Waals surface area contributed by atoms with E-state index >= 15 is 0 Å². The van der Waals surface area contributed by atoms with Crippen LogP contribution in [0.15, 0.2) is 0 Å². The molecule has 4 aliphatic rings. The molecule has 2 aliphatic carbocycles. The lowest BCUT2D eigenvalue weighted by Gasteiger charge is -2.11. The first-order valence-corrected chi connectivity index (χ1v) is 5.66. The van der Waals surface area contributed by atoms with Crippen molar-refractivity contribution in [2.24, 2.45) is 17.8 Å². The van der Waals surface area contributed by atoms with Crippen molar-refractivity contribution in [2.75, 3.05) is 14.2 Å². The molecule has 0 N–H and O–H groups in total. The van der Waals surface area contributed by atoms with Gasteiger partial charge in [-0.15, -0.1) is 0 Å². The average molecular weight is 240 g/mol. The Kier molecular flexibility index (Phi) is 1.53. The lowest BCUT2D eigenvalue weighted by molar-refractivity contribution is -0.149. The van der Waals surface area contributed by atoms with Gasteiger partial charge >= 0.3 is 11.9 Å². The summed E-state index contributed by atoms with van der Waals surface area (Å²) in [7, 11) is 2.69. The van der Waals surface area contributed by atoms with Crippen LogP contribution in [0, 0.1) is 17.8 Å². The van der Waals surface area contributed by atoms with Crippen molar-refractivity contribution in [2.45, 2.75) is 23.9 Å². The summed E-state index contributed by atoms with van der Waals surface area (Å²) in [4.78, 5) is 23.5. The van der Waals surface area contributed by atoms with Gasteiger partial charge in [0, 0.05) is 11.8 Å². The predicted octanol–water partition coefficient (Wildman–Crippen LogP) is -0.887. The highest BCUT2D eigenvalue weighted by molar-refractivity contribution is 5.89. The van der Waals surface area contributed by atoms with E-state index in [1.807, 2.05) is 0 Å². The van der Waals surface area contributed by atoms with E-state index in [-0.39, 0.29) is 42.0 Å². The number of carbonyl (C=O) groups is 2. The number of ether oxygens (including phenoxy) is 4. The quantitative estimate of drug-likeness (QED) is 0.460. The maximum atomic E-state index is 11.8. The average Bonchev–Trinajstić information content (AvgIpc) is 3.17. The lowest BCUT2D eigenvalue weighted by atomic mass is 9.89. The Morgan fingerprint density at radius 3 is 2.59 bits per heavy atom. The van der Waals surface area contributed by atoms with Crippen LogP contribution in [-0.4, -0.2) is 50.1 Å². The van der Waals surface area contributed by atoms with Crippen molar-refractivity contribution in [3.05, 3.63) is 0 Å². The number of rotatable bonds is 2. The summed E-state index contributed by atoms with van der Waals surface area (Å²) in [5.41, 5.74) is -0.935. The maximum Gasteiger partial charge on any atom is 0.341 e. The summed E-state index contributed by atoms with van der Waals surface area (Å²) in [6.45, 7) is 0. The van der Waals surface area contributed by atoms with Gasteiger partial charge in [-0.2, -0.15) is 0 Å². The number of epoxide rings is 2. The molecule has 6 nitrogen and oxygen atoms in total. The fourth-order valence-electron chi connectivity index (χ4n) is 3.64. The van der Waals surface area contributed by atoms with Crippen molar-refractivity contribution < 1.29 is 28.5 Å². The van der Waals surface area contributed by atoms with Crippen molar-refractivity contribution in [1.82, 2.24) is 0 Å². The highest BCUT2D eigenvalue weighted by atomic mass is 16.7. The van der Waals surface area contributed by atoms with Crippen LogP contribution in [0.5, 0.6) is 0 Å². The first-order valence-electron chi connectivity index (χ1n) is 5.66. The van der Waals surface area contributed by atoms with Gasteiger partial charge in [0.1, 0.15) is 12.2 Å². The van der Waals surface area contributed by atoms with Gasteiger partial charge in [-0.1, -0.05) is 0 Å². The van der Waals surface area contributed by atoms with E-state index in [2.05, 4.69) is 0 Å². The Balaban J connectivity index is 1.68. The molecule has 0 spiro atoms. The molecule has 0 amide bonds. The minimum atomic E-state index is -0.935. The Bertz CT molecular complexity index is 432. The first kappa shape index (κ1) is 9.85. The fourth-order valence-corrected chi connectivity index (χ4v) is 3.64. The monoisotopic (exact) mass is 240 g/mol. The minimum Gasteiger partial charge on any atom is -0.469 e. The third kappa shape index (κ3) is 0.914. The molecule has 92 valence electrons. The Morgan fingerprint density at radius 2 is 1.94 bits per heavy atom.